The van der Waals surface area contributed by atoms with Crippen molar-refractivity contribution in [2.75, 3.05) is 13.2 Å². The highest BCUT2D eigenvalue weighted by molar-refractivity contribution is 5.80. The number of aliphatic hydroxyl groups is 7. The van der Waals surface area contributed by atoms with Crippen LogP contribution in [0.4, 0.5) is 0 Å². The average molecular weight is 832 g/mol. The molecule has 1 aliphatic rings. The fraction of sp³-hybridized carbons (Fsp3) is 0.979. The van der Waals surface area contributed by atoms with Crippen LogP contribution in [-0.4, -0.2) is 110 Å². The molecule has 1 saturated heterocycles. The Bertz CT molecular complexity index is 926. The monoisotopic (exact) mass is 832 g/mol. The summed E-state index contributed by atoms with van der Waals surface area (Å²) < 4.78 is 11.1. The van der Waals surface area contributed by atoms with Gasteiger partial charge in [-0.3, -0.25) is 4.79 Å². The first-order valence-electron chi connectivity index (χ1n) is 24.3. The minimum absolute atomic E-state index is 0.265. The number of hydrogen-bond acceptors (Lipinski definition) is 10. The number of aliphatic hydroxyl groups excluding tert-OH is 7. The van der Waals surface area contributed by atoms with Crippen LogP contribution in [0, 0.1) is 5.92 Å². The van der Waals surface area contributed by atoms with Crippen LogP contribution in [0.2, 0.25) is 0 Å². The standard InChI is InChI=1S/C47H93NO10/c1-4-5-6-7-8-9-10-11-12-13-14-15-16-17-18-21-25-28-31-34-40(51)46(56)48-38(36-57-47-45(55)44(54)43(53)41(35-49)58-47)42(52)39(50)33-30-27-24-22-19-20-23-26-29-32-37(2)3/h37-45,47,49-55H,4-36H2,1-3H3,(H,48,56)/t38-,39-,40?,41-,42+,43+,44+,45-,47+/m1/s1. The third kappa shape index (κ3) is 27.1. The molecule has 1 aliphatic heterocycles. The predicted octanol–water partition coefficient (Wildman–Crippen LogP) is 8.14. The van der Waals surface area contributed by atoms with Crippen LogP contribution in [0.3, 0.4) is 0 Å². The molecule has 1 rings (SSSR count). The highest BCUT2D eigenvalue weighted by atomic mass is 16.7. The SMILES string of the molecule is CCCCCCCCCCCCCCCCCCCCCC(O)C(=O)N[C@H](CO[C@H]1O[C@H](CO)[C@H](O)[C@H](O)[C@H]1O)[C@H](O)[C@H](O)CCCCCCCCCCCC(C)C. The van der Waals surface area contributed by atoms with Crippen LogP contribution in [0.25, 0.3) is 0 Å². The molecule has 0 aromatic heterocycles. The van der Waals surface area contributed by atoms with Gasteiger partial charge in [0.1, 0.15) is 36.6 Å². The second-order valence-corrected chi connectivity index (χ2v) is 18.0. The zero-order valence-electron chi connectivity index (χ0n) is 37.5. The largest absolute Gasteiger partial charge is 0.394 e. The molecule has 1 unspecified atom stereocenters. The molecule has 0 spiro atoms. The van der Waals surface area contributed by atoms with Gasteiger partial charge in [-0.25, -0.2) is 0 Å². The second kappa shape index (κ2) is 36.7. The maximum Gasteiger partial charge on any atom is 0.249 e. The molecular weight excluding hydrogens is 739 g/mol. The number of hydrogen-bond donors (Lipinski definition) is 8. The molecule has 0 aromatic rings. The molecular formula is C47H93NO10. The first-order valence-corrected chi connectivity index (χ1v) is 24.3. The Morgan fingerprint density at radius 3 is 1.38 bits per heavy atom. The minimum Gasteiger partial charge on any atom is -0.394 e. The number of ether oxygens (including phenoxy) is 2. The van der Waals surface area contributed by atoms with Crippen molar-refractivity contribution >= 4 is 5.91 Å². The summed E-state index contributed by atoms with van der Waals surface area (Å²) in [5.41, 5.74) is 0. The van der Waals surface area contributed by atoms with Gasteiger partial charge in [0.2, 0.25) is 5.91 Å². The molecule has 0 aliphatic carbocycles. The first-order chi connectivity index (χ1) is 28.0. The van der Waals surface area contributed by atoms with Gasteiger partial charge in [-0.1, -0.05) is 207 Å². The van der Waals surface area contributed by atoms with E-state index in [1.54, 1.807) is 0 Å². The molecule has 1 fully saturated rings. The molecule has 11 nitrogen and oxygen atoms in total. The summed E-state index contributed by atoms with van der Waals surface area (Å²) in [6.07, 6.45) is 24.5. The van der Waals surface area contributed by atoms with E-state index in [9.17, 15) is 40.5 Å². The lowest BCUT2D eigenvalue weighted by Gasteiger charge is -2.40. The predicted molar refractivity (Wildman–Crippen MR) is 233 cm³/mol. The zero-order chi connectivity index (χ0) is 42.8. The molecule has 58 heavy (non-hydrogen) atoms. The lowest BCUT2D eigenvalue weighted by atomic mass is 9.98. The zero-order valence-corrected chi connectivity index (χ0v) is 37.5. The molecule has 346 valence electrons. The van der Waals surface area contributed by atoms with E-state index in [2.05, 4.69) is 26.1 Å². The fourth-order valence-electron chi connectivity index (χ4n) is 8.04. The molecule has 0 aromatic carbocycles. The minimum atomic E-state index is -1.66. The molecule has 0 radical (unpaired) electrons. The quantitative estimate of drug-likeness (QED) is 0.0280. The van der Waals surface area contributed by atoms with E-state index in [-0.39, 0.29) is 6.42 Å². The van der Waals surface area contributed by atoms with Crippen molar-refractivity contribution in [2.24, 2.45) is 5.92 Å². The van der Waals surface area contributed by atoms with E-state index in [0.717, 1.165) is 44.4 Å². The van der Waals surface area contributed by atoms with Crippen LogP contribution in [0.5, 0.6) is 0 Å². The van der Waals surface area contributed by atoms with Gasteiger partial charge in [0.05, 0.1) is 25.4 Å². The Balaban J connectivity index is 2.39. The summed E-state index contributed by atoms with van der Waals surface area (Å²) in [4.78, 5) is 13.1. The summed E-state index contributed by atoms with van der Waals surface area (Å²) >= 11 is 0. The number of nitrogens with one attached hydrogen (secondary N) is 1. The van der Waals surface area contributed by atoms with Crippen molar-refractivity contribution in [2.45, 2.75) is 275 Å². The lowest BCUT2D eigenvalue weighted by molar-refractivity contribution is -0.303. The summed E-state index contributed by atoms with van der Waals surface area (Å²) in [5, 5.41) is 75.7. The third-order valence-corrected chi connectivity index (χ3v) is 12.1. The van der Waals surface area contributed by atoms with E-state index < -0.39 is 74.2 Å². The molecule has 8 N–H and O–H groups in total. The summed E-state index contributed by atoms with van der Waals surface area (Å²) in [5.74, 6) is 0.0698. The number of rotatable bonds is 40. The summed E-state index contributed by atoms with van der Waals surface area (Å²) in [6, 6.07) is -1.16. The van der Waals surface area contributed by atoms with Gasteiger partial charge in [-0.15, -0.1) is 0 Å². The van der Waals surface area contributed by atoms with Crippen molar-refractivity contribution < 1.29 is 50.0 Å². The van der Waals surface area contributed by atoms with Gasteiger partial charge in [0, 0.05) is 0 Å². The second-order valence-electron chi connectivity index (χ2n) is 18.0. The van der Waals surface area contributed by atoms with Gasteiger partial charge >= 0.3 is 0 Å². The van der Waals surface area contributed by atoms with Crippen LogP contribution < -0.4 is 5.32 Å². The van der Waals surface area contributed by atoms with Crippen molar-refractivity contribution in [3.8, 4) is 0 Å². The van der Waals surface area contributed by atoms with Gasteiger partial charge in [0.25, 0.3) is 0 Å². The normalized spacial score (nSPS) is 21.9. The van der Waals surface area contributed by atoms with Gasteiger partial charge in [0.15, 0.2) is 6.29 Å². The van der Waals surface area contributed by atoms with Crippen LogP contribution in [0.15, 0.2) is 0 Å². The van der Waals surface area contributed by atoms with Crippen molar-refractivity contribution in [1.29, 1.82) is 0 Å². The third-order valence-electron chi connectivity index (χ3n) is 12.1. The highest BCUT2D eigenvalue weighted by Gasteiger charge is 2.44. The first kappa shape index (κ1) is 55.1. The maximum absolute atomic E-state index is 13.1. The van der Waals surface area contributed by atoms with Crippen molar-refractivity contribution in [3.05, 3.63) is 0 Å². The van der Waals surface area contributed by atoms with E-state index >= 15 is 0 Å². The molecule has 1 heterocycles. The topological polar surface area (TPSA) is 189 Å². The Hall–Kier alpha value is -0.890. The number of amides is 1. The summed E-state index contributed by atoms with van der Waals surface area (Å²) in [6.45, 7) is 5.74. The van der Waals surface area contributed by atoms with Gasteiger partial charge in [-0.2, -0.15) is 0 Å². The van der Waals surface area contributed by atoms with Crippen LogP contribution in [0.1, 0.15) is 220 Å². The van der Waals surface area contributed by atoms with E-state index in [1.165, 1.54) is 135 Å². The summed E-state index contributed by atoms with van der Waals surface area (Å²) in [7, 11) is 0. The Labute approximate surface area is 354 Å². The Morgan fingerprint density at radius 2 is 0.966 bits per heavy atom. The van der Waals surface area contributed by atoms with Crippen molar-refractivity contribution in [3.63, 3.8) is 0 Å². The molecule has 1 amide bonds. The van der Waals surface area contributed by atoms with E-state index in [0.29, 0.717) is 19.3 Å². The lowest BCUT2D eigenvalue weighted by Crippen LogP contribution is -2.60. The van der Waals surface area contributed by atoms with E-state index in [4.69, 9.17) is 9.47 Å². The molecule has 9 atom stereocenters. The number of carbonyl (C=O) groups excluding carboxylic acids is 1. The smallest absolute Gasteiger partial charge is 0.249 e. The number of unbranched alkanes of at least 4 members (excludes halogenated alkanes) is 26. The molecule has 0 saturated carbocycles. The van der Waals surface area contributed by atoms with Gasteiger partial charge in [-0.05, 0) is 18.8 Å². The molecule has 0 bridgehead atoms. The number of carbonyl (C=O) groups is 1. The van der Waals surface area contributed by atoms with Crippen molar-refractivity contribution in [1.82, 2.24) is 5.32 Å². The Kier molecular flexibility index (Phi) is 34.9. The average Bonchev–Trinajstić information content (AvgIpc) is 3.21. The Morgan fingerprint density at radius 1 is 0.569 bits per heavy atom. The van der Waals surface area contributed by atoms with Crippen LogP contribution >= 0.6 is 0 Å². The molecule has 11 heteroatoms. The van der Waals surface area contributed by atoms with E-state index in [1.807, 2.05) is 0 Å². The van der Waals surface area contributed by atoms with Crippen LogP contribution in [-0.2, 0) is 14.3 Å². The maximum atomic E-state index is 13.1. The van der Waals surface area contributed by atoms with Gasteiger partial charge < -0.3 is 50.5 Å². The fourth-order valence-corrected chi connectivity index (χ4v) is 8.04. The highest BCUT2D eigenvalue weighted by Crippen LogP contribution is 2.23.